The van der Waals surface area contributed by atoms with E-state index in [0.29, 0.717) is 25.2 Å². The maximum Gasteiger partial charge on any atom is 0.224 e. The van der Waals surface area contributed by atoms with Gasteiger partial charge in [0.2, 0.25) is 5.91 Å². The molecule has 0 aromatic rings. The SMILES string of the molecule is CN(C)CC(C)(O)CNC(=O)C1CC2CCC1N2. The summed E-state index contributed by atoms with van der Waals surface area (Å²) in [4.78, 5) is 14.0. The van der Waals surface area contributed by atoms with Crippen molar-refractivity contribution in [2.75, 3.05) is 27.2 Å². The average Bonchev–Trinajstić information content (AvgIpc) is 2.85. The first-order chi connectivity index (χ1) is 8.37. The zero-order valence-electron chi connectivity index (χ0n) is 11.6. The fraction of sp³-hybridized carbons (Fsp3) is 0.923. The van der Waals surface area contributed by atoms with Crippen LogP contribution in [0.2, 0.25) is 0 Å². The molecular formula is C13H25N3O2. The van der Waals surface area contributed by atoms with E-state index in [1.54, 1.807) is 6.92 Å². The molecule has 4 unspecified atom stereocenters. The molecule has 2 aliphatic heterocycles. The Labute approximate surface area is 109 Å². The quantitative estimate of drug-likeness (QED) is 0.623. The molecule has 2 bridgehead atoms. The molecule has 5 heteroatoms. The number of nitrogens with zero attached hydrogens (tertiary/aromatic N) is 1. The Morgan fingerprint density at radius 3 is 2.72 bits per heavy atom. The number of carbonyl (C=O) groups excluding carboxylic acids is 1. The van der Waals surface area contributed by atoms with Crippen LogP contribution in [0.5, 0.6) is 0 Å². The highest BCUT2D eigenvalue weighted by atomic mass is 16.3. The van der Waals surface area contributed by atoms with Gasteiger partial charge in [0.15, 0.2) is 0 Å². The first-order valence-electron chi connectivity index (χ1n) is 6.78. The molecule has 0 radical (unpaired) electrons. The highest BCUT2D eigenvalue weighted by molar-refractivity contribution is 5.80. The number of hydrogen-bond acceptors (Lipinski definition) is 4. The Morgan fingerprint density at radius 2 is 2.22 bits per heavy atom. The van der Waals surface area contributed by atoms with Gasteiger partial charge < -0.3 is 20.6 Å². The number of nitrogens with one attached hydrogen (secondary N) is 2. The summed E-state index contributed by atoms with van der Waals surface area (Å²) in [5, 5.41) is 16.5. The molecule has 5 nitrogen and oxygen atoms in total. The summed E-state index contributed by atoms with van der Waals surface area (Å²) in [5.74, 6) is 0.188. The number of rotatable bonds is 5. The Kier molecular flexibility index (Phi) is 3.94. The molecule has 18 heavy (non-hydrogen) atoms. The van der Waals surface area contributed by atoms with E-state index in [1.807, 2.05) is 19.0 Å². The molecule has 2 saturated heterocycles. The molecule has 2 aliphatic rings. The molecule has 0 spiro atoms. The first kappa shape index (κ1) is 13.8. The number of carbonyl (C=O) groups is 1. The van der Waals surface area contributed by atoms with Crippen LogP contribution in [-0.4, -0.2) is 60.8 Å². The third-order valence-corrected chi connectivity index (χ3v) is 3.94. The normalized spacial score (nSPS) is 33.7. The van der Waals surface area contributed by atoms with Crippen LogP contribution in [0, 0.1) is 5.92 Å². The Balaban J connectivity index is 1.78. The first-order valence-corrected chi connectivity index (χ1v) is 6.78. The summed E-state index contributed by atoms with van der Waals surface area (Å²) in [7, 11) is 3.83. The number of aliphatic hydroxyl groups is 1. The smallest absolute Gasteiger partial charge is 0.224 e. The minimum absolute atomic E-state index is 0.0914. The van der Waals surface area contributed by atoms with Gasteiger partial charge in [-0.3, -0.25) is 4.79 Å². The van der Waals surface area contributed by atoms with Gasteiger partial charge in [0.25, 0.3) is 0 Å². The van der Waals surface area contributed by atoms with Crippen LogP contribution in [0.25, 0.3) is 0 Å². The van der Waals surface area contributed by atoms with E-state index in [-0.39, 0.29) is 11.8 Å². The molecule has 104 valence electrons. The van der Waals surface area contributed by atoms with Crippen molar-refractivity contribution in [2.24, 2.45) is 5.92 Å². The van der Waals surface area contributed by atoms with Gasteiger partial charge in [0.05, 0.1) is 11.5 Å². The van der Waals surface area contributed by atoms with Crippen molar-refractivity contribution in [1.29, 1.82) is 0 Å². The number of fused-ring (bicyclic) bond motifs is 2. The van der Waals surface area contributed by atoms with Crippen molar-refractivity contribution in [1.82, 2.24) is 15.5 Å². The van der Waals surface area contributed by atoms with Crippen molar-refractivity contribution in [3.8, 4) is 0 Å². The van der Waals surface area contributed by atoms with E-state index in [1.165, 1.54) is 6.42 Å². The summed E-state index contributed by atoms with van der Waals surface area (Å²) >= 11 is 0. The van der Waals surface area contributed by atoms with Crippen molar-refractivity contribution in [3.63, 3.8) is 0 Å². The molecule has 0 aliphatic carbocycles. The predicted octanol–water partition coefficient (Wildman–Crippen LogP) is -0.444. The van der Waals surface area contributed by atoms with Gasteiger partial charge in [-0.2, -0.15) is 0 Å². The van der Waals surface area contributed by atoms with Crippen LogP contribution in [0.15, 0.2) is 0 Å². The second-order valence-corrected chi connectivity index (χ2v) is 6.34. The highest BCUT2D eigenvalue weighted by Crippen LogP contribution is 2.33. The van der Waals surface area contributed by atoms with E-state index in [9.17, 15) is 9.90 Å². The largest absolute Gasteiger partial charge is 0.387 e. The molecule has 0 saturated carbocycles. The van der Waals surface area contributed by atoms with Crippen LogP contribution < -0.4 is 10.6 Å². The van der Waals surface area contributed by atoms with Crippen LogP contribution in [-0.2, 0) is 4.79 Å². The molecule has 4 atom stereocenters. The molecule has 2 heterocycles. The second-order valence-electron chi connectivity index (χ2n) is 6.34. The molecule has 3 N–H and O–H groups in total. The lowest BCUT2D eigenvalue weighted by atomic mass is 9.88. The monoisotopic (exact) mass is 255 g/mol. The van der Waals surface area contributed by atoms with E-state index in [4.69, 9.17) is 0 Å². The number of likely N-dealkylation sites (N-methyl/N-ethyl adjacent to an activating group) is 1. The summed E-state index contributed by atoms with van der Waals surface area (Å²) in [5.41, 5.74) is -0.871. The second kappa shape index (κ2) is 5.15. The molecule has 1 amide bonds. The maximum atomic E-state index is 12.1. The van der Waals surface area contributed by atoms with Gasteiger partial charge in [0, 0.05) is 25.2 Å². The summed E-state index contributed by atoms with van der Waals surface area (Å²) in [6.45, 7) is 2.62. The minimum Gasteiger partial charge on any atom is -0.387 e. The fourth-order valence-electron chi connectivity index (χ4n) is 3.26. The lowest BCUT2D eigenvalue weighted by molar-refractivity contribution is -0.126. The van der Waals surface area contributed by atoms with Gasteiger partial charge in [-0.25, -0.2) is 0 Å². The summed E-state index contributed by atoms with van der Waals surface area (Å²) in [6.07, 6.45) is 3.26. The lowest BCUT2D eigenvalue weighted by Gasteiger charge is -2.28. The topological polar surface area (TPSA) is 64.6 Å². The minimum atomic E-state index is -0.871. The standard InChI is InChI=1S/C13H25N3O2/c1-13(18,8-16(2)3)7-14-12(17)10-6-9-4-5-11(10)15-9/h9-11,15,18H,4-8H2,1-3H3,(H,14,17). The van der Waals surface area contributed by atoms with Crippen LogP contribution in [0.4, 0.5) is 0 Å². The zero-order valence-corrected chi connectivity index (χ0v) is 11.6. The Morgan fingerprint density at radius 1 is 1.50 bits per heavy atom. The van der Waals surface area contributed by atoms with Gasteiger partial charge in [-0.1, -0.05) is 0 Å². The summed E-state index contributed by atoms with van der Waals surface area (Å²) in [6, 6.07) is 0.891. The Bertz CT molecular complexity index is 317. The van der Waals surface area contributed by atoms with Gasteiger partial charge in [-0.15, -0.1) is 0 Å². The fourth-order valence-corrected chi connectivity index (χ4v) is 3.26. The Hall–Kier alpha value is -0.650. The van der Waals surface area contributed by atoms with Crippen molar-refractivity contribution < 1.29 is 9.90 Å². The van der Waals surface area contributed by atoms with Crippen LogP contribution in [0.1, 0.15) is 26.2 Å². The molecular weight excluding hydrogens is 230 g/mol. The van der Waals surface area contributed by atoms with Crippen molar-refractivity contribution in [3.05, 3.63) is 0 Å². The number of hydrogen-bond donors (Lipinski definition) is 3. The predicted molar refractivity (Wildman–Crippen MR) is 70.2 cm³/mol. The third kappa shape index (κ3) is 3.22. The molecule has 2 rings (SSSR count). The molecule has 0 aromatic carbocycles. The van der Waals surface area contributed by atoms with Crippen molar-refractivity contribution in [2.45, 2.75) is 43.9 Å². The van der Waals surface area contributed by atoms with Crippen LogP contribution in [0.3, 0.4) is 0 Å². The van der Waals surface area contributed by atoms with E-state index in [0.717, 1.165) is 12.8 Å². The zero-order chi connectivity index (χ0) is 13.3. The van der Waals surface area contributed by atoms with Gasteiger partial charge in [0.1, 0.15) is 0 Å². The van der Waals surface area contributed by atoms with Gasteiger partial charge >= 0.3 is 0 Å². The van der Waals surface area contributed by atoms with Gasteiger partial charge in [-0.05, 0) is 40.3 Å². The van der Waals surface area contributed by atoms with E-state index >= 15 is 0 Å². The average molecular weight is 255 g/mol. The van der Waals surface area contributed by atoms with Crippen molar-refractivity contribution >= 4 is 5.91 Å². The molecule has 0 aromatic heterocycles. The van der Waals surface area contributed by atoms with Crippen LogP contribution >= 0.6 is 0 Å². The molecule has 2 fully saturated rings. The number of amides is 1. The third-order valence-electron chi connectivity index (χ3n) is 3.94. The highest BCUT2D eigenvalue weighted by Gasteiger charge is 2.42. The van der Waals surface area contributed by atoms with E-state index in [2.05, 4.69) is 10.6 Å². The maximum absolute atomic E-state index is 12.1. The van der Waals surface area contributed by atoms with E-state index < -0.39 is 5.60 Å². The summed E-state index contributed by atoms with van der Waals surface area (Å²) < 4.78 is 0. The lowest BCUT2D eigenvalue weighted by Crippen LogP contribution is -2.49.